The van der Waals surface area contributed by atoms with E-state index in [0.29, 0.717) is 41.3 Å². The van der Waals surface area contributed by atoms with Gasteiger partial charge in [-0.25, -0.2) is 0 Å². The summed E-state index contributed by atoms with van der Waals surface area (Å²) in [6, 6.07) is 2.57. The van der Waals surface area contributed by atoms with E-state index in [9.17, 15) is 10.1 Å². The lowest BCUT2D eigenvalue weighted by atomic mass is 9.70. The summed E-state index contributed by atoms with van der Waals surface area (Å²) in [7, 11) is 0. The van der Waals surface area contributed by atoms with E-state index in [1.165, 1.54) is 0 Å². The highest BCUT2D eigenvalue weighted by molar-refractivity contribution is 5.88. The fourth-order valence-electron chi connectivity index (χ4n) is 5.81. The van der Waals surface area contributed by atoms with Crippen molar-refractivity contribution in [3.63, 3.8) is 0 Å². The molecule has 0 heterocycles. The van der Waals surface area contributed by atoms with E-state index in [1.54, 1.807) is 0 Å². The lowest BCUT2D eigenvalue weighted by molar-refractivity contribution is -0.130. The number of hydrogen-bond donors (Lipinski definition) is 0. The molecule has 0 amide bonds. The van der Waals surface area contributed by atoms with Gasteiger partial charge < -0.3 is 0 Å². The lowest BCUT2D eigenvalue weighted by Crippen LogP contribution is -2.35. The Hall–Kier alpha value is -0.840. The summed E-state index contributed by atoms with van der Waals surface area (Å²) in [4.78, 5) is 11.7. The van der Waals surface area contributed by atoms with Crippen molar-refractivity contribution in [2.75, 3.05) is 0 Å². The van der Waals surface area contributed by atoms with E-state index in [1.807, 2.05) is 0 Å². The van der Waals surface area contributed by atoms with E-state index in [-0.39, 0.29) is 5.41 Å². The molecule has 0 spiro atoms. The van der Waals surface area contributed by atoms with Crippen molar-refractivity contribution in [1.82, 2.24) is 0 Å². The Morgan fingerprint density at radius 3 is 2.69 bits per heavy atom. The van der Waals surface area contributed by atoms with Crippen LogP contribution in [0.1, 0.15) is 6.42 Å². The van der Waals surface area contributed by atoms with Crippen molar-refractivity contribution in [2.24, 2.45) is 46.8 Å². The number of nitrogens with zero attached hydrogens (tertiary/aromatic N) is 1. The second-order valence-corrected chi connectivity index (χ2v) is 5.64. The standard InChI is InChI=1S/C11H9NO/c12-2-11-8-3-1-4(13)6(10(8)11)7-5(3)9(7)11/h3,5-10H,1H2/t3-,5-,6+,7-,8+,9-,10-,11-/m1/s1. The molecule has 2 heteroatoms. The van der Waals surface area contributed by atoms with Gasteiger partial charge >= 0.3 is 0 Å². The quantitative estimate of drug-likeness (QED) is 0.541. The third-order valence-electron chi connectivity index (χ3n) is 5.82. The zero-order valence-corrected chi connectivity index (χ0v) is 7.10. The summed E-state index contributed by atoms with van der Waals surface area (Å²) in [6.07, 6.45) is 0.826. The maximum atomic E-state index is 11.7. The van der Waals surface area contributed by atoms with Crippen LogP contribution in [0.3, 0.4) is 0 Å². The molecule has 13 heavy (non-hydrogen) atoms. The van der Waals surface area contributed by atoms with Gasteiger partial charge in [0.15, 0.2) is 0 Å². The van der Waals surface area contributed by atoms with E-state index in [2.05, 4.69) is 6.07 Å². The number of ketones is 1. The first-order chi connectivity index (χ1) is 6.32. The number of rotatable bonds is 0. The Kier molecular flexibility index (Phi) is 0.529. The highest BCUT2D eigenvalue weighted by Gasteiger charge is 2.97. The zero-order chi connectivity index (χ0) is 8.53. The van der Waals surface area contributed by atoms with Crippen molar-refractivity contribution in [3.8, 4) is 6.07 Å². The van der Waals surface area contributed by atoms with Crippen LogP contribution in [0.5, 0.6) is 0 Å². The molecular weight excluding hydrogens is 162 g/mol. The minimum atomic E-state index is 0.0385. The third kappa shape index (κ3) is 0.297. The van der Waals surface area contributed by atoms with E-state index >= 15 is 0 Å². The van der Waals surface area contributed by atoms with Gasteiger partial charge in [-0.2, -0.15) is 5.26 Å². The van der Waals surface area contributed by atoms with Crippen LogP contribution >= 0.6 is 0 Å². The Bertz CT molecular complexity index is 418. The molecule has 6 aliphatic carbocycles. The summed E-state index contributed by atoms with van der Waals surface area (Å²) >= 11 is 0. The van der Waals surface area contributed by atoms with Crippen LogP contribution < -0.4 is 0 Å². The number of carbonyl (C=O) groups excluding carboxylic acids is 1. The number of hydrogen-bond acceptors (Lipinski definition) is 2. The molecule has 2 nitrogen and oxygen atoms in total. The van der Waals surface area contributed by atoms with Crippen LogP contribution in [0.4, 0.5) is 0 Å². The Morgan fingerprint density at radius 2 is 2.15 bits per heavy atom. The highest BCUT2D eigenvalue weighted by atomic mass is 16.1. The minimum absolute atomic E-state index is 0.0385. The summed E-state index contributed by atoms with van der Waals surface area (Å²) in [5.74, 6) is 4.88. The predicted octanol–water partition coefficient (Wildman–Crippen LogP) is 0.837. The first kappa shape index (κ1) is 5.80. The monoisotopic (exact) mass is 171 g/mol. The van der Waals surface area contributed by atoms with Crippen molar-refractivity contribution < 1.29 is 4.79 Å². The summed E-state index contributed by atoms with van der Waals surface area (Å²) in [6.45, 7) is 0. The molecule has 0 aromatic heterocycles. The van der Waals surface area contributed by atoms with Gasteiger partial charge in [0, 0.05) is 12.3 Å². The van der Waals surface area contributed by atoms with Crippen LogP contribution in [0.25, 0.3) is 0 Å². The summed E-state index contributed by atoms with van der Waals surface area (Å²) in [5.41, 5.74) is 0.0385. The van der Waals surface area contributed by atoms with Crippen molar-refractivity contribution >= 4 is 5.78 Å². The number of fused-ring (bicyclic) bond motifs is 1. The van der Waals surface area contributed by atoms with Crippen molar-refractivity contribution in [1.29, 1.82) is 5.26 Å². The molecule has 0 saturated heterocycles. The fourth-order valence-corrected chi connectivity index (χ4v) is 5.81. The van der Waals surface area contributed by atoms with Crippen molar-refractivity contribution in [2.45, 2.75) is 6.42 Å². The molecule has 6 fully saturated rings. The van der Waals surface area contributed by atoms with E-state index in [4.69, 9.17) is 0 Å². The molecule has 64 valence electrons. The Labute approximate surface area is 75.9 Å². The summed E-state index contributed by atoms with van der Waals surface area (Å²) in [5, 5.41) is 9.25. The molecule has 0 aromatic rings. The van der Waals surface area contributed by atoms with Crippen LogP contribution in [0.15, 0.2) is 0 Å². The average molecular weight is 171 g/mol. The molecule has 2 bridgehead atoms. The predicted molar refractivity (Wildman–Crippen MR) is 42.1 cm³/mol. The van der Waals surface area contributed by atoms with Crippen LogP contribution in [-0.2, 0) is 4.79 Å². The molecule has 6 saturated carbocycles. The molecule has 6 aliphatic rings. The van der Waals surface area contributed by atoms with E-state index < -0.39 is 0 Å². The normalized spacial score (nSPS) is 78.1. The van der Waals surface area contributed by atoms with Gasteiger partial charge in [-0.05, 0) is 35.5 Å². The Morgan fingerprint density at radius 1 is 1.31 bits per heavy atom. The molecule has 0 aromatic carbocycles. The number of Topliss-reactive ketones (excluding diaryl/α,β-unsaturated/α-hetero) is 1. The smallest absolute Gasteiger partial charge is 0.136 e. The molecule has 0 radical (unpaired) electrons. The van der Waals surface area contributed by atoms with Gasteiger partial charge in [0.1, 0.15) is 5.78 Å². The molecule has 0 N–H and O–H groups in total. The average Bonchev–Trinajstić information content (AvgIpc) is 2.94. The second-order valence-electron chi connectivity index (χ2n) is 5.64. The second kappa shape index (κ2) is 1.19. The summed E-state index contributed by atoms with van der Waals surface area (Å²) < 4.78 is 0. The number of nitriles is 1. The molecule has 0 aliphatic heterocycles. The van der Waals surface area contributed by atoms with Gasteiger partial charge in [0.05, 0.1) is 11.5 Å². The largest absolute Gasteiger partial charge is 0.299 e. The fraction of sp³-hybridized carbons (Fsp3) is 0.818. The molecule has 8 atom stereocenters. The van der Waals surface area contributed by atoms with Crippen molar-refractivity contribution in [3.05, 3.63) is 0 Å². The highest BCUT2D eigenvalue weighted by Crippen LogP contribution is 2.96. The van der Waals surface area contributed by atoms with Crippen LogP contribution in [0.2, 0.25) is 0 Å². The maximum absolute atomic E-state index is 11.7. The SMILES string of the molecule is N#C[C@@]12[C@@H]3[C@@H]4[C@H]5CC(=O)[C@@H]([C@@H]43)[C@@H]1[C@H]52. The van der Waals surface area contributed by atoms with Gasteiger partial charge in [-0.15, -0.1) is 0 Å². The van der Waals surface area contributed by atoms with Gasteiger partial charge in [0.2, 0.25) is 0 Å². The van der Waals surface area contributed by atoms with Gasteiger partial charge in [-0.3, -0.25) is 4.79 Å². The molecular formula is C11H9NO. The zero-order valence-electron chi connectivity index (χ0n) is 7.10. The first-order valence-corrected chi connectivity index (χ1v) is 5.26. The van der Waals surface area contributed by atoms with Crippen LogP contribution in [0, 0.1) is 58.2 Å². The topological polar surface area (TPSA) is 40.9 Å². The lowest BCUT2D eigenvalue weighted by Gasteiger charge is -2.32. The van der Waals surface area contributed by atoms with Gasteiger partial charge in [-0.1, -0.05) is 0 Å². The Balaban J connectivity index is 1.85. The maximum Gasteiger partial charge on any atom is 0.136 e. The minimum Gasteiger partial charge on any atom is -0.299 e. The van der Waals surface area contributed by atoms with Gasteiger partial charge in [0.25, 0.3) is 0 Å². The van der Waals surface area contributed by atoms with Crippen LogP contribution in [-0.4, -0.2) is 5.78 Å². The van der Waals surface area contributed by atoms with E-state index in [0.717, 1.165) is 12.3 Å². The number of carbonyl (C=O) groups is 1. The molecule has 6 rings (SSSR count). The third-order valence-corrected chi connectivity index (χ3v) is 5.82. The first-order valence-electron chi connectivity index (χ1n) is 5.26. The molecule has 0 unspecified atom stereocenters.